The number of nitrogens with one attached hydrogen (secondary N) is 2. The van der Waals surface area contributed by atoms with Crippen molar-refractivity contribution in [3.63, 3.8) is 0 Å². The Morgan fingerprint density at radius 3 is 2.62 bits per heavy atom. The van der Waals surface area contributed by atoms with Crippen LogP contribution in [0.2, 0.25) is 5.02 Å². The van der Waals surface area contributed by atoms with Crippen LogP contribution in [-0.2, 0) is 14.8 Å². The van der Waals surface area contributed by atoms with Crippen molar-refractivity contribution in [2.45, 2.75) is 4.90 Å². The summed E-state index contributed by atoms with van der Waals surface area (Å²) in [5.74, 6) is -0.635. The van der Waals surface area contributed by atoms with E-state index >= 15 is 0 Å². The number of rotatable bonds is 4. The van der Waals surface area contributed by atoms with Crippen molar-refractivity contribution in [2.24, 2.45) is 0 Å². The Labute approximate surface area is 154 Å². The normalized spacial score (nSPS) is 15.6. The molecule has 2 N–H and O–H groups in total. The molecule has 26 heavy (non-hydrogen) atoms. The molecule has 11 heteroatoms. The summed E-state index contributed by atoms with van der Waals surface area (Å²) in [7, 11) is -3.73. The molecule has 1 amide bonds. The Kier molecular flexibility index (Phi) is 5.37. The highest BCUT2D eigenvalue weighted by atomic mass is 35.5. The summed E-state index contributed by atoms with van der Waals surface area (Å²) < 4.78 is 31.9. The number of benzene rings is 1. The SMILES string of the molecule is O=C(Nc1cc(S(=O)(=O)N2CCOCC2)ccc1Cl)c1ccc(=O)[nH]n1. The summed E-state index contributed by atoms with van der Waals surface area (Å²) in [5, 5.41) is 8.43. The molecule has 0 bridgehead atoms. The molecule has 3 rings (SSSR count). The Morgan fingerprint density at radius 1 is 1.23 bits per heavy atom. The first kappa shape index (κ1) is 18.5. The summed E-state index contributed by atoms with van der Waals surface area (Å²) in [4.78, 5) is 23.2. The molecule has 0 saturated carbocycles. The Morgan fingerprint density at radius 2 is 1.96 bits per heavy atom. The molecule has 9 nitrogen and oxygen atoms in total. The van der Waals surface area contributed by atoms with Gasteiger partial charge in [0.15, 0.2) is 0 Å². The molecule has 2 heterocycles. The minimum absolute atomic E-state index is 0.00790. The van der Waals surface area contributed by atoms with E-state index in [1.54, 1.807) is 0 Å². The van der Waals surface area contributed by atoms with E-state index < -0.39 is 21.5 Å². The van der Waals surface area contributed by atoms with E-state index in [0.717, 1.165) is 6.07 Å². The smallest absolute Gasteiger partial charge is 0.276 e. The zero-order chi connectivity index (χ0) is 18.7. The second kappa shape index (κ2) is 7.54. The highest BCUT2D eigenvalue weighted by molar-refractivity contribution is 7.89. The molecular formula is C15H15ClN4O5S. The first-order valence-electron chi connectivity index (χ1n) is 7.62. The lowest BCUT2D eigenvalue weighted by atomic mass is 10.3. The number of H-pyrrole nitrogens is 1. The number of amides is 1. The quantitative estimate of drug-likeness (QED) is 0.781. The number of hydrogen-bond acceptors (Lipinski definition) is 6. The van der Waals surface area contributed by atoms with E-state index in [-0.39, 0.29) is 34.4 Å². The number of aromatic amines is 1. The summed E-state index contributed by atoms with van der Waals surface area (Å²) in [6, 6.07) is 6.46. The van der Waals surface area contributed by atoms with E-state index in [1.165, 1.54) is 28.6 Å². The van der Waals surface area contributed by atoms with Crippen molar-refractivity contribution in [1.29, 1.82) is 0 Å². The van der Waals surface area contributed by atoms with Crippen LogP contribution >= 0.6 is 11.6 Å². The number of aromatic nitrogens is 2. The van der Waals surface area contributed by atoms with Crippen molar-refractivity contribution in [1.82, 2.24) is 14.5 Å². The zero-order valence-electron chi connectivity index (χ0n) is 13.4. The van der Waals surface area contributed by atoms with Gasteiger partial charge in [-0.05, 0) is 24.3 Å². The van der Waals surface area contributed by atoms with Crippen molar-refractivity contribution >= 4 is 33.2 Å². The molecule has 1 aromatic heterocycles. The third kappa shape index (κ3) is 3.93. The monoisotopic (exact) mass is 398 g/mol. The van der Waals surface area contributed by atoms with E-state index in [9.17, 15) is 18.0 Å². The van der Waals surface area contributed by atoms with Crippen molar-refractivity contribution in [2.75, 3.05) is 31.6 Å². The predicted octanol–water partition coefficient (Wildman–Crippen LogP) is 0.696. The van der Waals surface area contributed by atoms with E-state index in [2.05, 4.69) is 15.5 Å². The van der Waals surface area contributed by atoms with Crippen molar-refractivity contribution in [3.8, 4) is 0 Å². The van der Waals surface area contributed by atoms with Gasteiger partial charge in [-0.15, -0.1) is 0 Å². The molecule has 1 saturated heterocycles. The number of sulfonamides is 1. The fourth-order valence-electron chi connectivity index (χ4n) is 2.35. The van der Waals surface area contributed by atoms with Gasteiger partial charge < -0.3 is 10.1 Å². The molecule has 1 aromatic carbocycles. The lowest BCUT2D eigenvalue weighted by molar-refractivity contribution is 0.0730. The lowest BCUT2D eigenvalue weighted by Gasteiger charge is -2.26. The van der Waals surface area contributed by atoms with Gasteiger partial charge in [0.25, 0.3) is 11.5 Å². The second-order valence-corrected chi connectivity index (χ2v) is 7.76. The van der Waals surface area contributed by atoms with Gasteiger partial charge in [0, 0.05) is 19.2 Å². The Bertz CT molecular complexity index is 965. The standard InChI is InChI=1S/C15H15ClN4O5S/c16-11-2-1-10(26(23,24)20-5-7-25-8-6-20)9-13(11)17-15(22)12-3-4-14(21)19-18-12/h1-4,9H,5-8H2,(H,17,22)(H,19,21). The first-order valence-corrected chi connectivity index (χ1v) is 9.44. The number of carbonyl (C=O) groups is 1. The lowest BCUT2D eigenvalue weighted by Crippen LogP contribution is -2.40. The van der Waals surface area contributed by atoms with Crippen LogP contribution in [0.3, 0.4) is 0 Å². The molecule has 1 aliphatic heterocycles. The maximum absolute atomic E-state index is 12.7. The molecule has 2 aromatic rings. The summed E-state index contributed by atoms with van der Waals surface area (Å²) in [6.45, 7) is 1.17. The molecule has 1 aliphatic rings. The minimum atomic E-state index is -3.73. The predicted molar refractivity (Wildman–Crippen MR) is 93.8 cm³/mol. The molecule has 138 valence electrons. The van der Waals surface area contributed by atoms with Gasteiger partial charge in [0.2, 0.25) is 10.0 Å². The number of ether oxygens (including phenoxy) is 1. The van der Waals surface area contributed by atoms with E-state index in [1.807, 2.05) is 0 Å². The number of hydrogen-bond donors (Lipinski definition) is 2. The van der Waals surface area contributed by atoms with Crippen LogP contribution in [0, 0.1) is 0 Å². The second-order valence-electron chi connectivity index (χ2n) is 5.42. The van der Waals surface area contributed by atoms with Gasteiger partial charge in [-0.2, -0.15) is 9.40 Å². The maximum Gasteiger partial charge on any atom is 0.276 e. The first-order chi connectivity index (χ1) is 12.4. The third-order valence-electron chi connectivity index (χ3n) is 3.71. The average molecular weight is 399 g/mol. The van der Waals surface area contributed by atoms with Crippen LogP contribution in [-0.4, -0.2) is 55.1 Å². The van der Waals surface area contributed by atoms with Crippen LogP contribution in [0.15, 0.2) is 40.0 Å². The molecule has 0 aliphatic carbocycles. The fourth-order valence-corrected chi connectivity index (χ4v) is 3.95. The van der Waals surface area contributed by atoms with Crippen LogP contribution in [0.4, 0.5) is 5.69 Å². The van der Waals surface area contributed by atoms with Gasteiger partial charge in [0.1, 0.15) is 5.69 Å². The highest BCUT2D eigenvalue weighted by Crippen LogP contribution is 2.27. The summed E-state index contributed by atoms with van der Waals surface area (Å²) >= 11 is 6.07. The van der Waals surface area contributed by atoms with E-state index in [4.69, 9.17) is 16.3 Å². The van der Waals surface area contributed by atoms with Gasteiger partial charge in [0.05, 0.1) is 28.8 Å². The van der Waals surface area contributed by atoms with Crippen LogP contribution in [0.1, 0.15) is 10.5 Å². The summed E-state index contributed by atoms with van der Waals surface area (Å²) in [6.07, 6.45) is 0. The van der Waals surface area contributed by atoms with Crippen LogP contribution in [0.25, 0.3) is 0 Å². The molecular weight excluding hydrogens is 384 g/mol. The maximum atomic E-state index is 12.7. The number of morpholine rings is 1. The van der Waals surface area contributed by atoms with Crippen molar-refractivity contribution < 1.29 is 17.9 Å². The Balaban J connectivity index is 1.86. The van der Waals surface area contributed by atoms with Crippen LogP contribution < -0.4 is 10.9 Å². The number of nitrogens with zero attached hydrogens (tertiary/aromatic N) is 2. The van der Waals surface area contributed by atoms with Gasteiger partial charge >= 0.3 is 0 Å². The zero-order valence-corrected chi connectivity index (χ0v) is 15.0. The molecule has 0 unspecified atom stereocenters. The summed E-state index contributed by atoms with van der Waals surface area (Å²) in [5.41, 5.74) is -0.362. The fraction of sp³-hybridized carbons (Fsp3) is 0.267. The average Bonchev–Trinajstić information content (AvgIpc) is 2.64. The third-order valence-corrected chi connectivity index (χ3v) is 5.93. The number of halogens is 1. The molecule has 0 spiro atoms. The minimum Gasteiger partial charge on any atom is -0.379 e. The van der Waals surface area contributed by atoms with Gasteiger partial charge in [-0.25, -0.2) is 13.5 Å². The topological polar surface area (TPSA) is 121 Å². The Hall–Kier alpha value is -2.27. The number of anilines is 1. The van der Waals surface area contributed by atoms with E-state index in [0.29, 0.717) is 13.2 Å². The van der Waals surface area contributed by atoms with Gasteiger partial charge in [-0.1, -0.05) is 11.6 Å². The van der Waals surface area contributed by atoms with Gasteiger partial charge in [-0.3, -0.25) is 9.59 Å². The molecule has 0 atom stereocenters. The largest absolute Gasteiger partial charge is 0.379 e. The molecule has 1 fully saturated rings. The number of carbonyl (C=O) groups excluding carboxylic acids is 1. The van der Waals surface area contributed by atoms with Crippen LogP contribution in [0.5, 0.6) is 0 Å². The van der Waals surface area contributed by atoms with Crippen molar-refractivity contribution in [3.05, 3.63) is 51.4 Å². The molecule has 0 radical (unpaired) electrons. The highest BCUT2D eigenvalue weighted by Gasteiger charge is 2.27.